The second kappa shape index (κ2) is 11.2. The van der Waals surface area contributed by atoms with Gasteiger partial charge in [0, 0.05) is 24.2 Å². The fourth-order valence-electron chi connectivity index (χ4n) is 4.55. The molecule has 1 heterocycles. The molecule has 0 radical (unpaired) electrons. The second-order valence-corrected chi connectivity index (χ2v) is 9.90. The van der Waals surface area contributed by atoms with Gasteiger partial charge in [-0.15, -0.1) is 0 Å². The van der Waals surface area contributed by atoms with Crippen molar-refractivity contribution in [1.29, 1.82) is 0 Å². The molecule has 168 valence electrons. The van der Waals surface area contributed by atoms with E-state index in [9.17, 15) is 4.79 Å². The maximum Gasteiger partial charge on any atom is 0.239 e. The number of benzene rings is 2. The smallest absolute Gasteiger partial charge is 0.239 e. The van der Waals surface area contributed by atoms with Crippen LogP contribution in [0, 0.1) is 12.8 Å². The van der Waals surface area contributed by atoms with Crippen molar-refractivity contribution in [2.24, 2.45) is 5.92 Å². The third kappa shape index (κ3) is 6.82. The van der Waals surface area contributed by atoms with E-state index in [2.05, 4.69) is 74.3 Å². The summed E-state index contributed by atoms with van der Waals surface area (Å²) in [7, 11) is 0. The minimum Gasteiger partial charge on any atom is -0.341 e. The van der Waals surface area contributed by atoms with E-state index in [1.54, 1.807) is 0 Å². The lowest BCUT2D eigenvalue weighted by Crippen LogP contribution is -2.53. The maximum atomic E-state index is 13.3. The zero-order valence-electron chi connectivity index (χ0n) is 19.4. The van der Waals surface area contributed by atoms with Gasteiger partial charge < -0.3 is 10.2 Å². The number of amides is 1. The van der Waals surface area contributed by atoms with E-state index < -0.39 is 0 Å². The van der Waals surface area contributed by atoms with E-state index in [0.717, 1.165) is 43.8 Å². The summed E-state index contributed by atoms with van der Waals surface area (Å²) in [5.74, 6) is 1.04. The van der Waals surface area contributed by atoms with Crippen LogP contribution in [-0.2, 0) is 11.2 Å². The van der Waals surface area contributed by atoms with Crippen molar-refractivity contribution in [3.8, 4) is 0 Å². The van der Waals surface area contributed by atoms with Gasteiger partial charge in [-0.25, -0.2) is 0 Å². The average molecular weight is 441 g/mol. The van der Waals surface area contributed by atoms with E-state index in [1.807, 2.05) is 12.1 Å². The summed E-state index contributed by atoms with van der Waals surface area (Å²) in [4.78, 5) is 15.4. The van der Waals surface area contributed by atoms with Gasteiger partial charge >= 0.3 is 0 Å². The van der Waals surface area contributed by atoms with Crippen molar-refractivity contribution in [1.82, 2.24) is 10.2 Å². The van der Waals surface area contributed by atoms with Gasteiger partial charge in [0.05, 0.1) is 6.04 Å². The summed E-state index contributed by atoms with van der Waals surface area (Å²) in [5, 5.41) is 4.42. The second-order valence-electron chi connectivity index (χ2n) is 9.47. The number of carbonyl (C=O) groups is 1. The van der Waals surface area contributed by atoms with Gasteiger partial charge in [0.2, 0.25) is 5.91 Å². The van der Waals surface area contributed by atoms with E-state index in [0.29, 0.717) is 12.0 Å². The topological polar surface area (TPSA) is 32.3 Å². The van der Waals surface area contributed by atoms with Gasteiger partial charge in [-0.1, -0.05) is 67.4 Å². The van der Waals surface area contributed by atoms with Crippen molar-refractivity contribution >= 4 is 17.5 Å². The molecule has 3 nitrogen and oxygen atoms in total. The molecule has 1 N–H and O–H groups in total. The first-order chi connectivity index (χ1) is 14.8. The van der Waals surface area contributed by atoms with Gasteiger partial charge in [-0.3, -0.25) is 4.79 Å². The molecule has 1 fully saturated rings. The van der Waals surface area contributed by atoms with E-state index >= 15 is 0 Å². The summed E-state index contributed by atoms with van der Waals surface area (Å²) >= 11 is 6.03. The number of nitrogens with one attached hydrogen (secondary N) is 1. The predicted octanol–water partition coefficient (Wildman–Crippen LogP) is 5.99. The number of hydrogen-bond donors (Lipinski definition) is 1. The van der Waals surface area contributed by atoms with Crippen LogP contribution in [0.25, 0.3) is 0 Å². The normalized spacial score (nSPS) is 17.0. The average Bonchev–Trinajstić information content (AvgIpc) is 2.76. The fraction of sp³-hybridized carbons (Fsp3) is 0.519. The fourth-order valence-corrected chi connectivity index (χ4v) is 4.68. The molecule has 31 heavy (non-hydrogen) atoms. The third-order valence-corrected chi connectivity index (χ3v) is 6.75. The minimum atomic E-state index is -0.125. The van der Waals surface area contributed by atoms with Crippen LogP contribution in [0.1, 0.15) is 62.6 Å². The number of halogens is 1. The van der Waals surface area contributed by atoms with Crippen LogP contribution in [0.2, 0.25) is 5.02 Å². The predicted molar refractivity (Wildman–Crippen MR) is 131 cm³/mol. The molecule has 1 unspecified atom stereocenters. The number of nitrogens with zero attached hydrogens (tertiary/aromatic N) is 1. The largest absolute Gasteiger partial charge is 0.341 e. The third-order valence-electron chi connectivity index (χ3n) is 6.49. The molecular weight excluding hydrogens is 404 g/mol. The zero-order chi connectivity index (χ0) is 22.4. The Morgan fingerprint density at radius 3 is 2.39 bits per heavy atom. The molecule has 0 aliphatic carbocycles. The van der Waals surface area contributed by atoms with E-state index in [4.69, 9.17) is 11.6 Å². The molecule has 2 aromatic carbocycles. The molecular formula is C27H37ClN2O. The Balaban J connectivity index is 1.52. The molecule has 1 aliphatic rings. The van der Waals surface area contributed by atoms with Gasteiger partial charge in [0.1, 0.15) is 0 Å². The summed E-state index contributed by atoms with van der Waals surface area (Å²) in [6.45, 7) is 10.3. The lowest BCUT2D eigenvalue weighted by molar-refractivity contribution is -0.135. The van der Waals surface area contributed by atoms with Crippen molar-refractivity contribution in [2.75, 3.05) is 13.1 Å². The minimum absolute atomic E-state index is 0.125. The Morgan fingerprint density at radius 1 is 1.10 bits per heavy atom. The Labute approximate surface area is 193 Å². The molecule has 1 aliphatic heterocycles. The first-order valence-electron chi connectivity index (χ1n) is 11.7. The van der Waals surface area contributed by atoms with Gasteiger partial charge in [-0.2, -0.15) is 0 Å². The van der Waals surface area contributed by atoms with Crippen LogP contribution >= 0.6 is 11.6 Å². The summed E-state index contributed by atoms with van der Waals surface area (Å²) in [6, 6.07) is 17.0. The standard InChI is InChI=1S/C27H37ClN2O/c1-19(2)26(29-21(4)8-9-22-7-5-6-20(3)18-22)27(31)30-16-14-24(15-17-30)23-10-12-25(28)13-11-23/h5-7,10-13,18-19,21,24,26,29H,8-9,14-17H2,1-4H3/t21?,26-/m1/s1. The highest BCUT2D eigenvalue weighted by Crippen LogP contribution is 2.29. The lowest BCUT2D eigenvalue weighted by atomic mass is 9.89. The number of hydrogen-bond acceptors (Lipinski definition) is 2. The molecule has 2 aromatic rings. The van der Waals surface area contributed by atoms with Gasteiger partial charge in [0.15, 0.2) is 0 Å². The first-order valence-corrected chi connectivity index (χ1v) is 12.1. The number of piperidine rings is 1. The highest BCUT2D eigenvalue weighted by atomic mass is 35.5. The molecule has 0 bridgehead atoms. The van der Waals surface area contributed by atoms with Crippen LogP contribution in [-0.4, -0.2) is 36.0 Å². The quantitative estimate of drug-likeness (QED) is 0.546. The Morgan fingerprint density at radius 2 is 1.77 bits per heavy atom. The first kappa shape index (κ1) is 23.8. The molecule has 0 saturated carbocycles. The monoisotopic (exact) mass is 440 g/mol. The van der Waals surface area contributed by atoms with E-state index in [1.165, 1.54) is 16.7 Å². The van der Waals surface area contributed by atoms with Crippen molar-refractivity contribution in [2.45, 2.75) is 71.4 Å². The number of carbonyl (C=O) groups excluding carboxylic acids is 1. The number of likely N-dealkylation sites (tertiary alicyclic amines) is 1. The van der Waals surface area contributed by atoms with Gasteiger partial charge in [-0.05, 0) is 74.6 Å². The lowest BCUT2D eigenvalue weighted by Gasteiger charge is -2.36. The van der Waals surface area contributed by atoms with Crippen LogP contribution < -0.4 is 5.32 Å². The van der Waals surface area contributed by atoms with Crippen molar-refractivity contribution in [3.05, 3.63) is 70.2 Å². The molecule has 0 aromatic heterocycles. The SMILES string of the molecule is Cc1cccc(CCC(C)N[C@@H](C(=O)N2CCC(c3ccc(Cl)cc3)CC2)C(C)C)c1. The molecule has 1 amide bonds. The molecule has 2 atom stereocenters. The number of rotatable bonds is 8. The van der Waals surface area contributed by atoms with Crippen LogP contribution in [0.3, 0.4) is 0 Å². The summed E-state index contributed by atoms with van der Waals surface area (Å²) in [6.07, 6.45) is 4.09. The Bertz CT molecular complexity index is 841. The molecule has 1 saturated heterocycles. The van der Waals surface area contributed by atoms with Crippen LogP contribution in [0.15, 0.2) is 48.5 Å². The summed E-state index contributed by atoms with van der Waals surface area (Å²) in [5.41, 5.74) is 4.00. The van der Waals surface area contributed by atoms with Crippen LogP contribution in [0.5, 0.6) is 0 Å². The zero-order valence-corrected chi connectivity index (χ0v) is 20.2. The van der Waals surface area contributed by atoms with Crippen LogP contribution in [0.4, 0.5) is 0 Å². The highest BCUT2D eigenvalue weighted by Gasteiger charge is 2.31. The Hall–Kier alpha value is -1.84. The van der Waals surface area contributed by atoms with Crippen molar-refractivity contribution < 1.29 is 4.79 Å². The summed E-state index contributed by atoms with van der Waals surface area (Å²) < 4.78 is 0. The van der Waals surface area contributed by atoms with E-state index in [-0.39, 0.29) is 17.9 Å². The van der Waals surface area contributed by atoms with Crippen molar-refractivity contribution in [3.63, 3.8) is 0 Å². The maximum absolute atomic E-state index is 13.3. The number of aryl methyl sites for hydroxylation is 2. The highest BCUT2D eigenvalue weighted by molar-refractivity contribution is 6.30. The molecule has 4 heteroatoms. The molecule has 0 spiro atoms. The molecule has 3 rings (SSSR count). The Kier molecular flexibility index (Phi) is 8.57. The van der Waals surface area contributed by atoms with Gasteiger partial charge in [0.25, 0.3) is 0 Å².